The highest BCUT2D eigenvalue weighted by molar-refractivity contribution is 5.94. The summed E-state index contributed by atoms with van der Waals surface area (Å²) in [5.74, 6) is 0.622. The van der Waals surface area contributed by atoms with Crippen molar-refractivity contribution < 1.29 is 9.53 Å². The van der Waals surface area contributed by atoms with Crippen LogP contribution in [0.15, 0.2) is 84.9 Å². The highest BCUT2D eigenvalue weighted by atomic mass is 16.5. The molecular formula is C25H27NO2. The topological polar surface area (TPSA) is 38.3 Å². The quantitative estimate of drug-likeness (QED) is 0.505. The monoisotopic (exact) mass is 373 g/mol. The van der Waals surface area contributed by atoms with Crippen LogP contribution in [0.3, 0.4) is 0 Å². The summed E-state index contributed by atoms with van der Waals surface area (Å²) in [5.41, 5.74) is 2.84. The zero-order valence-electron chi connectivity index (χ0n) is 16.3. The number of carbonyl (C=O) groups is 1. The minimum absolute atomic E-state index is 0.0104. The Labute approximate surface area is 167 Å². The first-order chi connectivity index (χ1) is 13.8. The number of unbranched alkanes of at least 4 members (excludes halogenated alkanes) is 1. The van der Waals surface area contributed by atoms with Crippen LogP contribution in [0.5, 0.6) is 5.75 Å². The van der Waals surface area contributed by atoms with Crippen LogP contribution in [-0.2, 0) is 6.54 Å². The van der Waals surface area contributed by atoms with Gasteiger partial charge in [-0.25, -0.2) is 0 Å². The molecule has 0 bridgehead atoms. The van der Waals surface area contributed by atoms with Gasteiger partial charge >= 0.3 is 0 Å². The summed E-state index contributed by atoms with van der Waals surface area (Å²) in [6.07, 6.45) is 3.15. The first-order valence-electron chi connectivity index (χ1n) is 9.90. The fraction of sp³-hybridized carbons (Fsp3) is 0.240. The standard InChI is InChI=1S/C25H27NO2/c1-2-3-17-24(21-13-8-5-9-14-21)28-23-16-10-15-22(18-23)25(27)26-19-20-11-6-4-7-12-20/h4-16,18,24H,2-3,17,19H2,1H3,(H,26,27). The van der Waals surface area contributed by atoms with Crippen molar-refractivity contribution in [2.75, 3.05) is 0 Å². The Balaban J connectivity index is 1.67. The molecule has 0 fully saturated rings. The Hall–Kier alpha value is -3.07. The molecule has 3 rings (SSSR count). The summed E-state index contributed by atoms with van der Waals surface area (Å²) in [6.45, 7) is 2.69. The predicted octanol–water partition coefficient (Wildman–Crippen LogP) is 5.93. The highest BCUT2D eigenvalue weighted by Crippen LogP contribution is 2.27. The van der Waals surface area contributed by atoms with Crippen molar-refractivity contribution in [3.8, 4) is 5.75 Å². The van der Waals surface area contributed by atoms with Gasteiger partial charge in [-0.1, -0.05) is 80.1 Å². The second-order valence-electron chi connectivity index (χ2n) is 6.86. The largest absolute Gasteiger partial charge is 0.486 e. The Morgan fingerprint density at radius 2 is 1.64 bits per heavy atom. The van der Waals surface area contributed by atoms with Crippen molar-refractivity contribution in [1.29, 1.82) is 0 Å². The van der Waals surface area contributed by atoms with E-state index in [1.807, 2.05) is 72.8 Å². The van der Waals surface area contributed by atoms with Gasteiger partial charge in [-0.3, -0.25) is 4.79 Å². The third-order valence-corrected chi connectivity index (χ3v) is 4.66. The molecule has 0 aromatic heterocycles. The number of benzene rings is 3. The summed E-state index contributed by atoms with van der Waals surface area (Å²) in [7, 11) is 0. The maximum Gasteiger partial charge on any atom is 0.251 e. The number of amides is 1. The lowest BCUT2D eigenvalue weighted by Crippen LogP contribution is -2.22. The first-order valence-corrected chi connectivity index (χ1v) is 9.90. The average molecular weight is 373 g/mol. The smallest absolute Gasteiger partial charge is 0.251 e. The van der Waals surface area contributed by atoms with Crippen molar-refractivity contribution in [1.82, 2.24) is 5.32 Å². The number of rotatable bonds is 9. The van der Waals surface area contributed by atoms with E-state index < -0.39 is 0 Å². The minimum Gasteiger partial charge on any atom is -0.486 e. The van der Waals surface area contributed by atoms with E-state index in [0.717, 1.165) is 36.1 Å². The molecule has 0 heterocycles. The molecule has 1 N–H and O–H groups in total. The molecule has 3 aromatic rings. The van der Waals surface area contributed by atoms with Crippen LogP contribution in [0, 0.1) is 0 Å². The van der Waals surface area contributed by atoms with E-state index in [2.05, 4.69) is 24.4 Å². The summed E-state index contributed by atoms with van der Waals surface area (Å²) < 4.78 is 6.28. The van der Waals surface area contributed by atoms with Crippen LogP contribution < -0.4 is 10.1 Å². The van der Waals surface area contributed by atoms with Gasteiger partial charge in [0.2, 0.25) is 0 Å². The lowest BCUT2D eigenvalue weighted by atomic mass is 10.0. The average Bonchev–Trinajstić information content (AvgIpc) is 2.76. The predicted molar refractivity (Wildman–Crippen MR) is 113 cm³/mol. The van der Waals surface area contributed by atoms with E-state index in [-0.39, 0.29) is 12.0 Å². The van der Waals surface area contributed by atoms with Gasteiger partial charge in [-0.05, 0) is 42.2 Å². The molecule has 144 valence electrons. The van der Waals surface area contributed by atoms with Gasteiger partial charge in [0.1, 0.15) is 11.9 Å². The minimum atomic E-state index is -0.0980. The molecule has 3 nitrogen and oxygen atoms in total. The van der Waals surface area contributed by atoms with Gasteiger partial charge in [0, 0.05) is 12.1 Å². The first kappa shape index (κ1) is 19.7. The molecule has 3 heteroatoms. The molecule has 0 aliphatic carbocycles. The maximum atomic E-state index is 12.5. The SMILES string of the molecule is CCCCC(Oc1cccc(C(=O)NCc2ccccc2)c1)c1ccccc1. The zero-order chi connectivity index (χ0) is 19.6. The van der Waals surface area contributed by atoms with E-state index in [9.17, 15) is 4.79 Å². The van der Waals surface area contributed by atoms with Crippen molar-refractivity contribution in [2.45, 2.75) is 38.8 Å². The van der Waals surface area contributed by atoms with Gasteiger partial charge < -0.3 is 10.1 Å². The molecule has 0 aliphatic rings. The van der Waals surface area contributed by atoms with Gasteiger partial charge in [0.05, 0.1) is 0 Å². The molecule has 0 saturated carbocycles. The van der Waals surface area contributed by atoms with Crippen LogP contribution in [0.25, 0.3) is 0 Å². The van der Waals surface area contributed by atoms with E-state index in [1.165, 1.54) is 0 Å². The van der Waals surface area contributed by atoms with Gasteiger partial charge in [0.25, 0.3) is 5.91 Å². The fourth-order valence-electron chi connectivity index (χ4n) is 3.11. The molecule has 1 amide bonds. The summed E-state index contributed by atoms with van der Waals surface area (Å²) >= 11 is 0. The van der Waals surface area contributed by atoms with Crippen LogP contribution in [0.2, 0.25) is 0 Å². The Kier molecular flexibility index (Phi) is 7.25. The Bertz CT molecular complexity index is 862. The lowest BCUT2D eigenvalue weighted by molar-refractivity contribution is 0.0950. The Morgan fingerprint density at radius 1 is 0.929 bits per heavy atom. The van der Waals surface area contributed by atoms with Gasteiger partial charge in [-0.15, -0.1) is 0 Å². The van der Waals surface area contributed by atoms with Gasteiger partial charge in [0.15, 0.2) is 0 Å². The van der Waals surface area contributed by atoms with Crippen LogP contribution >= 0.6 is 0 Å². The second kappa shape index (κ2) is 10.3. The molecule has 1 atom stereocenters. The molecule has 0 aliphatic heterocycles. The van der Waals surface area contributed by atoms with E-state index in [0.29, 0.717) is 12.1 Å². The molecule has 0 radical (unpaired) electrons. The maximum absolute atomic E-state index is 12.5. The number of hydrogen-bond donors (Lipinski definition) is 1. The third-order valence-electron chi connectivity index (χ3n) is 4.66. The molecule has 1 unspecified atom stereocenters. The highest BCUT2D eigenvalue weighted by Gasteiger charge is 2.14. The van der Waals surface area contributed by atoms with Gasteiger partial charge in [-0.2, -0.15) is 0 Å². The van der Waals surface area contributed by atoms with Crippen molar-refractivity contribution >= 4 is 5.91 Å². The number of nitrogens with one attached hydrogen (secondary N) is 1. The number of carbonyl (C=O) groups excluding carboxylic acids is 1. The van der Waals surface area contributed by atoms with Crippen molar-refractivity contribution in [2.24, 2.45) is 0 Å². The summed E-state index contributed by atoms with van der Waals surface area (Å²) in [6, 6.07) is 27.6. The van der Waals surface area contributed by atoms with E-state index in [1.54, 1.807) is 0 Å². The molecule has 28 heavy (non-hydrogen) atoms. The summed E-state index contributed by atoms with van der Waals surface area (Å²) in [5, 5.41) is 2.97. The fourth-order valence-corrected chi connectivity index (χ4v) is 3.11. The second-order valence-corrected chi connectivity index (χ2v) is 6.86. The normalized spacial score (nSPS) is 11.6. The molecule has 3 aromatic carbocycles. The van der Waals surface area contributed by atoms with E-state index in [4.69, 9.17) is 4.74 Å². The Morgan fingerprint density at radius 3 is 2.36 bits per heavy atom. The number of ether oxygens (including phenoxy) is 1. The van der Waals surface area contributed by atoms with Crippen LogP contribution in [-0.4, -0.2) is 5.91 Å². The van der Waals surface area contributed by atoms with Crippen molar-refractivity contribution in [3.63, 3.8) is 0 Å². The van der Waals surface area contributed by atoms with Crippen LogP contribution in [0.1, 0.15) is 53.8 Å². The van der Waals surface area contributed by atoms with E-state index >= 15 is 0 Å². The lowest BCUT2D eigenvalue weighted by Gasteiger charge is -2.20. The molecule has 0 saturated heterocycles. The number of hydrogen-bond acceptors (Lipinski definition) is 2. The third kappa shape index (κ3) is 5.71. The van der Waals surface area contributed by atoms with Crippen LogP contribution in [0.4, 0.5) is 0 Å². The molecule has 0 spiro atoms. The van der Waals surface area contributed by atoms with Crippen molar-refractivity contribution in [3.05, 3.63) is 102 Å². The summed E-state index contributed by atoms with van der Waals surface area (Å²) in [4.78, 5) is 12.5. The molecular weight excluding hydrogens is 346 g/mol. The zero-order valence-corrected chi connectivity index (χ0v) is 16.3.